The molecule has 1 unspecified atom stereocenters. The topological polar surface area (TPSA) is 68.4 Å². The largest absolute Gasteiger partial charge is 0.481 e. The van der Waals surface area contributed by atoms with Gasteiger partial charge in [-0.3, -0.25) is 4.79 Å². The summed E-state index contributed by atoms with van der Waals surface area (Å²) in [6.45, 7) is 4.88. The van der Waals surface area contributed by atoms with Gasteiger partial charge in [-0.2, -0.15) is 0 Å². The van der Waals surface area contributed by atoms with Crippen molar-refractivity contribution in [2.75, 3.05) is 7.11 Å². The van der Waals surface area contributed by atoms with Gasteiger partial charge in [0.15, 0.2) is 6.10 Å². The molecule has 2 aromatic rings. The Labute approximate surface area is 143 Å². The summed E-state index contributed by atoms with van der Waals surface area (Å²) >= 11 is 5.90. The molecule has 2 rings (SSSR count). The second kappa shape index (κ2) is 7.05. The van der Waals surface area contributed by atoms with Crippen molar-refractivity contribution in [1.29, 1.82) is 0 Å². The number of esters is 1. The number of ether oxygens (including phenoxy) is 2. The molecule has 128 valence electrons. The molecule has 5 nitrogen and oxygen atoms in total. The number of carbonyl (C=O) groups is 2. The van der Waals surface area contributed by atoms with E-state index in [1.165, 1.54) is 19.2 Å². The van der Waals surface area contributed by atoms with Crippen LogP contribution in [0.25, 0.3) is 0 Å². The summed E-state index contributed by atoms with van der Waals surface area (Å²) in [5, 5.41) is 0.0734. The van der Waals surface area contributed by atoms with E-state index >= 15 is 0 Å². The van der Waals surface area contributed by atoms with E-state index in [9.17, 15) is 14.0 Å². The highest BCUT2D eigenvalue weighted by Gasteiger charge is 2.26. The van der Waals surface area contributed by atoms with Crippen molar-refractivity contribution in [3.63, 3.8) is 0 Å². The molecule has 0 spiro atoms. The first-order valence-electron chi connectivity index (χ1n) is 7.19. The quantitative estimate of drug-likeness (QED) is 0.654. The number of methoxy groups -OCH3 is 1. The molecular weight excluding hydrogens is 337 g/mol. The number of carbonyl (C=O) groups excluding carboxylic acids is 2. The van der Waals surface area contributed by atoms with Crippen LogP contribution in [-0.2, 0) is 4.74 Å². The minimum absolute atomic E-state index is 0.0734. The van der Waals surface area contributed by atoms with Gasteiger partial charge in [-0.1, -0.05) is 11.6 Å². The smallest absolute Gasteiger partial charge is 0.339 e. The summed E-state index contributed by atoms with van der Waals surface area (Å²) in [6, 6.07) is 3.65. The fourth-order valence-corrected chi connectivity index (χ4v) is 2.63. The van der Waals surface area contributed by atoms with Crippen LogP contribution in [0.15, 0.2) is 18.2 Å². The zero-order chi connectivity index (χ0) is 18.0. The average molecular weight is 354 g/mol. The number of hydrogen-bond acceptors (Lipinski definition) is 4. The molecule has 1 aromatic heterocycles. The van der Waals surface area contributed by atoms with Crippen LogP contribution in [0.2, 0.25) is 5.02 Å². The van der Waals surface area contributed by atoms with Crippen LogP contribution in [-0.4, -0.2) is 30.0 Å². The number of ketones is 1. The van der Waals surface area contributed by atoms with Crippen molar-refractivity contribution in [2.24, 2.45) is 0 Å². The van der Waals surface area contributed by atoms with E-state index < -0.39 is 17.9 Å². The average Bonchev–Trinajstić information content (AvgIpc) is 2.83. The second-order valence-corrected chi connectivity index (χ2v) is 5.72. The summed E-state index contributed by atoms with van der Waals surface area (Å²) < 4.78 is 23.3. The number of nitrogens with one attached hydrogen (secondary N) is 1. The summed E-state index contributed by atoms with van der Waals surface area (Å²) in [7, 11) is 1.28. The Morgan fingerprint density at radius 3 is 2.54 bits per heavy atom. The van der Waals surface area contributed by atoms with E-state index in [0.29, 0.717) is 16.8 Å². The maximum Gasteiger partial charge on any atom is 0.339 e. The lowest BCUT2D eigenvalue weighted by Crippen LogP contribution is -2.25. The number of halogens is 2. The molecule has 0 saturated carbocycles. The van der Waals surface area contributed by atoms with Gasteiger partial charge in [-0.15, -0.1) is 0 Å². The summed E-state index contributed by atoms with van der Waals surface area (Å²) in [5.41, 5.74) is 1.62. The van der Waals surface area contributed by atoms with Gasteiger partial charge in [0.25, 0.3) is 0 Å². The molecule has 24 heavy (non-hydrogen) atoms. The van der Waals surface area contributed by atoms with Crippen LogP contribution < -0.4 is 4.74 Å². The molecule has 0 fully saturated rings. The molecule has 0 amide bonds. The van der Waals surface area contributed by atoms with Crippen LogP contribution in [0, 0.1) is 19.7 Å². The van der Waals surface area contributed by atoms with Crippen LogP contribution in [0.5, 0.6) is 5.75 Å². The zero-order valence-electron chi connectivity index (χ0n) is 13.7. The van der Waals surface area contributed by atoms with Gasteiger partial charge in [0.2, 0.25) is 5.78 Å². The SMILES string of the molecule is COC(=O)c1c(C)[nH]c(C(=O)C(C)Oc2ccc(F)cc2Cl)c1C. The lowest BCUT2D eigenvalue weighted by atomic mass is 10.1. The molecule has 1 N–H and O–H groups in total. The Morgan fingerprint density at radius 1 is 1.29 bits per heavy atom. The first-order chi connectivity index (χ1) is 11.3. The maximum atomic E-state index is 13.1. The van der Waals surface area contributed by atoms with Gasteiger partial charge in [-0.05, 0) is 44.5 Å². The van der Waals surface area contributed by atoms with Crippen LogP contribution >= 0.6 is 11.6 Å². The standard InChI is InChI=1S/C17H17ClFNO4/c1-8-14(17(22)23-4)9(2)20-15(8)16(21)10(3)24-13-6-5-11(19)7-12(13)18/h5-7,10,20H,1-4H3. The van der Waals surface area contributed by atoms with Crippen molar-refractivity contribution in [1.82, 2.24) is 4.98 Å². The molecule has 0 aliphatic rings. The fraction of sp³-hybridized carbons (Fsp3) is 0.294. The third-order valence-corrected chi connectivity index (χ3v) is 3.94. The lowest BCUT2D eigenvalue weighted by Gasteiger charge is -2.14. The summed E-state index contributed by atoms with van der Waals surface area (Å²) in [6.07, 6.45) is -0.879. The van der Waals surface area contributed by atoms with E-state index in [4.69, 9.17) is 21.1 Å². The highest BCUT2D eigenvalue weighted by atomic mass is 35.5. The Hall–Kier alpha value is -2.34. The minimum Gasteiger partial charge on any atom is -0.481 e. The molecule has 0 saturated heterocycles. The highest BCUT2D eigenvalue weighted by Crippen LogP contribution is 2.27. The summed E-state index contributed by atoms with van der Waals surface area (Å²) in [5.74, 6) is -1.17. The first kappa shape index (κ1) is 18.0. The predicted molar refractivity (Wildman–Crippen MR) is 87.4 cm³/mol. The Morgan fingerprint density at radius 2 is 1.96 bits per heavy atom. The Balaban J connectivity index is 2.27. The van der Waals surface area contributed by atoms with Gasteiger partial charge in [-0.25, -0.2) is 9.18 Å². The van der Waals surface area contributed by atoms with Crippen LogP contribution in [0.3, 0.4) is 0 Å². The first-order valence-corrected chi connectivity index (χ1v) is 7.57. The molecule has 0 bridgehead atoms. The van der Waals surface area contributed by atoms with Crippen molar-refractivity contribution in [3.8, 4) is 5.75 Å². The normalized spacial score (nSPS) is 11.9. The molecule has 7 heteroatoms. The molecule has 0 aliphatic heterocycles. The van der Waals surface area contributed by atoms with Crippen LogP contribution in [0.4, 0.5) is 4.39 Å². The molecule has 1 heterocycles. The van der Waals surface area contributed by atoms with Gasteiger partial charge < -0.3 is 14.5 Å². The number of aryl methyl sites for hydroxylation is 1. The van der Waals surface area contributed by atoms with Crippen molar-refractivity contribution >= 4 is 23.4 Å². The molecule has 1 aromatic carbocycles. The number of aromatic nitrogens is 1. The second-order valence-electron chi connectivity index (χ2n) is 5.32. The predicted octanol–water partition coefficient (Wildman–Crippen LogP) is 3.86. The number of benzene rings is 1. The van der Waals surface area contributed by atoms with Crippen LogP contribution in [0.1, 0.15) is 39.0 Å². The zero-order valence-corrected chi connectivity index (χ0v) is 14.5. The maximum absolute atomic E-state index is 13.1. The number of hydrogen-bond donors (Lipinski definition) is 1. The number of Topliss-reactive ketones (excluding diaryl/α,β-unsaturated/α-hetero) is 1. The molecule has 1 atom stereocenters. The van der Waals surface area contributed by atoms with Crippen molar-refractivity contribution in [2.45, 2.75) is 26.9 Å². The molecule has 0 radical (unpaired) electrons. The van der Waals surface area contributed by atoms with Gasteiger partial charge in [0.1, 0.15) is 11.6 Å². The van der Waals surface area contributed by atoms with Gasteiger partial charge >= 0.3 is 5.97 Å². The molecular formula is C17H17ClFNO4. The highest BCUT2D eigenvalue weighted by molar-refractivity contribution is 6.32. The fourth-order valence-electron chi connectivity index (χ4n) is 2.42. The van der Waals surface area contributed by atoms with E-state index in [0.717, 1.165) is 6.07 Å². The molecule has 0 aliphatic carbocycles. The minimum atomic E-state index is -0.879. The summed E-state index contributed by atoms with van der Waals surface area (Å²) in [4.78, 5) is 27.3. The van der Waals surface area contributed by atoms with E-state index in [2.05, 4.69) is 4.98 Å². The van der Waals surface area contributed by atoms with Crippen molar-refractivity contribution in [3.05, 3.63) is 51.6 Å². The van der Waals surface area contributed by atoms with Gasteiger partial charge in [0, 0.05) is 5.69 Å². The van der Waals surface area contributed by atoms with E-state index in [1.807, 2.05) is 0 Å². The number of H-pyrrole nitrogens is 1. The number of rotatable bonds is 5. The van der Waals surface area contributed by atoms with E-state index in [-0.39, 0.29) is 22.2 Å². The van der Waals surface area contributed by atoms with Crippen molar-refractivity contribution < 1.29 is 23.5 Å². The monoisotopic (exact) mass is 353 g/mol. The van der Waals surface area contributed by atoms with E-state index in [1.54, 1.807) is 20.8 Å². The third kappa shape index (κ3) is 3.43. The lowest BCUT2D eigenvalue weighted by molar-refractivity contribution is 0.0599. The third-order valence-electron chi connectivity index (χ3n) is 3.64. The Bertz CT molecular complexity index is 800. The number of aromatic amines is 1. The Kier molecular flexibility index (Phi) is 5.29. The van der Waals surface area contributed by atoms with Gasteiger partial charge in [0.05, 0.1) is 23.4 Å².